The summed E-state index contributed by atoms with van der Waals surface area (Å²) in [5.41, 5.74) is 1.53. The highest BCUT2D eigenvalue weighted by Gasteiger charge is 2.29. The maximum absolute atomic E-state index is 12.1. The second-order valence-corrected chi connectivity index (χ2v) is 9.18. The second-order valence-electron chi connectivity index (χ2n) is 8.48. The van der Waals surface area contributed by atoms with Crippen LogP contribution in [0.5, 0.6) is 0 Å². The van der Waals surface area contributed by atoms with Gasteiger partial charge in [-0.3, -0.25) is 9.36 Å². The third-order valence-electron chi connectivity index (χ3n) is 5.89. The van der Waals surface area contributed by atoms with Crippen LogP contribution in [0.3, 0.4) is 0 Å². The Bertz CT molecular complexity index is 1540. The molecule has 0 saturated heterocycles. The van der Waals surface area contributed by atoms with E-state index in [1.807, 2.05) is 0 Å². The number of halogens is 2. The molecule has 2 heterocycles. The summed E-state index contributed by atoms with van der Waals surface area (Å²) in [6.07, 6.45) is -0.460. The third kappa shape index (κ3) is 6.69. The van der Waals surface area contributed by atoms with Gasteiger partial charge in [-0.1, -0.05) is 48.0 Å². The first kappa shape index (κ1) is 28.0. The molecule has 0 aliphatic heterocycles. The van der Waals surface area contributed by atoms with E-state index in [1.165, 1.54) is 30.0 Å². The largest absolute Gasteiger partial charge is 0.478 e. The Labute approximate surface area is 231 Å². The third-order valence-corrected chi connectivity index (χ3v) is 6.32. The van der Waals surface area contributed by atoms with Gasteiger partial charge in [0.1, 0.15) is 24.5 Å². The average Bonchev–Trinajstić information content (AvgIpc) is 3.29. The Morgan fingerprint density at radius 2 is 1.46 bits per heavy atom. The molecule has 0 fully saturated rings. The lowest BCUT2D eigenvalue weighted by atomic mass is 9.93. The van der Waals surface area contributed by atoms with Gasteiger partial charge in [0.2, 0.25) is 5.28 Å². The molecule has 13 heteroatoms. The summed E-state index contributed by atoms with van der Waals surface area (Å²) >= 11 is 12.1. The highest BCUT2D eigenvalue weighted by Crippen LogP contribution is 2.24. The molecule has 39 heavy (non-hydrogen) atoms. The topological polar surface area (TPSA) is 154 Å². The van der Waals surface area contributed by atoms with E-state index in [0.717, 1.165) is 0 Å². The molecular weight excluding hydrogens is 551 g/mol. The lowest BCUT2D eigenvalue weighted by molar-refractivity contribution is -0.157. The minimum Gasteiger partial charge on any atom is -0.478 e. The lowest BCUT2D eigenvalue weighted by Crippen LogP contribution is -2.38. The second kappa shape index (κ2) is 12.2. The van der Waals surface area contributed by atoms with Gasteiger partial charge in [-0.2, -0.15) is 4.98 Å². The zero-order valence-corrected chi connectivity index (χ0v) is 22.0. The van der Waals surface area contributed by atoms with Gasteiger partial charge in [0.25, 0.3) is 0 Å². The van der Waals surface area contributed by atoms with Crippen LogP contribution in [0, 0.1) is 0 Å². The minimum absolute atomic E-state index is 0.00748. The number of hydrogen-bond acceptors (Lipinski definition) is 8. The number of carbonyl (C=O) groups excluding carboxylic acids is 1. The fourth-order valence-electron chi connectivity index (χ4n) is 4.16. The van der Waals surface area contributed by atoms with Crippen LogP contribution in [0.15, 0.2) is 54.9 Å². The molecule has 0 spiro atoms. The Kier molecular flexibility index (Phi) is 8.75. The molecule has 202 valence electrons. The summed E-state index contributed by atoms with van der Waals surface area (Å²) in [5.74, 6) is -2.89. The standard InChI is InChI=1S/C26H22Cl2N4O7/c1-14(33)39-20(11-16-7-3-5-9-18(16)25(36)37)19(10-15-6-2-4-8-17(15)24(34)35)38-13-32-12-29-21-22(27)30-26(28)31-23(21)32/h2-9,12,19-20H,10-11,13H2,1H3,(H,34,35)(H,36,37). The average molecular weight is 573 g/mol. The molecule has 11 nitrogen and oxygen atoms in total. The van der Waals surface area contributed by atoms with Crippen molar-refractivity contribution >= 4 is 52.3 Å². The number of carboxylic acids is 2. The fourth-order valence-corrected chi connectivity index (χ4v) is 4.58. The van der Waals surface area contributed by atoms with Crippen LogP contribution in [0.2, 0.25) is 10.4 Å². The number of esters is 1. The first-order valence-corrected chi connectivity index (χ1v) is 12.3. The molecular formula is C26H22Cl2N4O7. The Morgan fingerprint density at radius 3 is 2.03 bits per heavy atom. The summed E-state index contributed by atoms with van der Waals surface area (Å²) in [4.78, 5) is 48.0. The minimum atomic E-state index is -1.14. The van der Waals surface area contributed by atoms with E-state index in [-0.39, 0.29) is 41.1 Å². The van der Waals surface area contributed by atoms with Crippen molar-refractivity contribution in [1.82, 2.24) is 19.5 Å². The van der Waals surface area contributed by atoms with Gasteiger partial charge < -0.3 is 19.7 Å². The molecule has 2 atom stereocenters. The number of carbonyl (C=O) groups is 3. The Balaban J connectivity index is 1.72. The fraction of sp³-hybridized carbons (Fsp3) is 0.231. The normalized spacial score (nSPS) is 12.7. The number of aromatic nitrogens is 4. The molecule has 0 aliphatic rings. The monoisotopic (exact) mass is 572 g/mol. The number of ether oxygens (including phenoxy) is 2. The predicted octanol–water partition coefficient (Wildman–Crippen LogP) is 4.29. The SMILES string of the molecule is CC(=O)OC(Cc1ccccc1C(=O)O)C(Cc1ccccc1C(=O)O)OCn1cnc2c(Cl)nc(Cl)nc21. The lowest BCUT2D eigenvalue weighted by Gasteiger charge is -2.28. The van der Waals surface area contributed by atoms with E-state index in [2.05, 4.69) is 15.0 Å². The first-order chi connectivity index (χ1) is 18.6. The molecule has 0 aliphatic carbocycles. The Morgan fingerprint density at radius 1 is 0.897 bits per heavy atom. The van der Waals surface area contributed by atoms with Gasteiger partial charge in [0.15, 0.2) is 10.8 Å². The number of fused-ring (bicyclic) bond motifs is 1. The zero-order chi connectivity index (χ0) is 28.1. The van der Waals surface area contributed by atoms with E-state index in [0.29, 0.717) is 22.3 Å². The van der Waals surface area contributed by atoms with Crippen molar-refractivity contribution in [3.8, 4) is 0 Å². The number of carboxylic acid groups (broad SMARTS) is 2. The molecule has 2 N–H and O–H groups in total. The summed E-state index contributed by atoms with van der Waals surface area (Å²) in [6.45, 7) is 1.07. The number of nitrogens with zero attached hydrogens (tertiary/aromatic N) is 4. The van der Waals surface area contributed by atoms with Crippen LogP contribution in [-0.4, -0.2) is 59.8 Å². The van der Waals surface area contributed by atoms with Crippen LogP contribution >= 0.6 is 23.2 Å². The van der Waals surface area contributed by atoms with Crippen molar-refractivity contribution in [1.29, 1.82) is 0 Å². The number of imidazole rings is 1. The number of benzene rings is 2. The highest BCUT2D eigenvalue weighted by atomic mass is 35.5. The zero-order valence-electron chi connectivity index (χ0n) is 20.5. The van der Waals surface area contributed by atoms with Crippen molar-refractivity contribution in [2.75, 3.05) is 0 Å². The molecule has 2 aromatic heterocycles. The Hall–Kier alpha value is -4.06. The number of aromatic carboxylic acids is 2. The van der Waals surface area contributed by atoms with E-state index >= 15 is 0 Å². The van der Waals surface area contributed by atoms with Gasteiger partial charge >= 0.3 is 17.9 Å². The van der Waals surface area contributed by atoms with Gasteiger partial charge in [-0.25, -0.2) is 19.6 Å². The summed E-state index contributed by atoms with van der Waals surface area (Å²) in [5, 5.41) is 19.3. The van der Waals surface area contributed by atoms with Gasteiger partial charge in [-0.15, -0.1) is 0 Å². The molecule has 2 aromatic carbocycles. The first-order valence-electron chi connectivity index (χ1n) is 11.6. The summed E-state index contributed by atoms with van der Waals surface area (Å²) < 4.78 is 13.3. The molecule has 4 rings (SSSR count). The van der Waals surface area contributed by atoms with Crippen molar-refractivity contribution in [2.45, 2.75) is 38.7 Å². The van der Waals surface area contributed by atoms with Gasteiger partial charge in [0, 0.05) is 19.8 Å². The summed E-state index contributed by atoms with van der Waals surface area (Å²) in [6, 6.07) is 12.7. The summed E-state index contributed by atoms with van der Waals surface area (Å²) in [7, 11) is 0. The van der Waals surface area contributed by atoms with Crippen molar-refractivity contribution in [3.63, 3.8) is 0 Å². The molecule has 0 saturated carbocycles. The number of rotatable bonds is 11. The van der Waals surface area contributed by atoms with E-state index in [4.69, 9.17) is 32.7 Å². The van der Waals surface area contributed by atoms with Gasteiger partial charge in [0.05, 0.1) is 17.5 Å². The maximum Gasteiger partial charge on any atom is 0.335 e. The molecule has 0 radical (unpaired) electrons. The molecule has 4 aromatic rings. The van der Waals surface area contributed by atoms with Crippen LogP contribution in [0.25, 0.3) is 11.2 Å². The maximum atomic E-state index is 12.1. The van der Waals surface area contributed by atoms with Crippen LogP contribution in [0.1, 0.15) is 38.8 Å². The van der Waals surface area contributed by atoms with Crippen molar-refractivity contribution < 1.29 is 34.1 Å². The van der Waals surface area contributed by atoms with Crippen LogP contribution in [-0.2, 0) is 33.8 Å². The van der Waals surface area contributed by atoms with Crippen LogP contribution < -0.4 is 0 Å². The van der Waals surface area contributed by atoms with Gasteiger partial charge in [-0.05, 0) is 34.9 Å². The van der Waals surface area contributed by atoms with Crippen molar-refractivity contribution in [2.24, 2.45) is 0 Å². The quantitative estimate of drug-likeness (QED) is 0.151. The highest BCUT2D eigenvalue weighted by molar-refractivity contribution is 6.35. The van der Waals surface area contributed by atoms with E-state index < -0.39 is 30.1 Å². The molecule has 2 unspecified atom stereocenters. The van der Waals surface area contributed by atoms with Crippen LogP contribution in [0.4, 0.5) is 0 Å². The van der Waals surface area contributed by atoms with E-state index in [9.17, 15) is 24.6 Å². The van der Waals surface area contributed by atoms with E-state index in [1.54, 1.807) is 36.4 Å². The predicted molar refractivity (Wildman–Crippen MR) is 140 cm³/mol. The molecule has 0 amide bonds. The number of hydrogen-bond donors (Lipinski definition) is 2. The van der Waals surface area contributed by atoms with Crippen molar-refractivity contribution in [3.05, 3.63) is 87.5 Å². The molecule has 0 bridgehead atoms. The smallest absolute Gasteiger partial charge is 0.335 e.